The average Bonchev–Trinajstić information content (AvgIpc) is 2.82. The highest BCUT2D eigenvalue weighted by molar-refractivity contribution is 5.79. The lowest BCUT2D eigenvalue weighted by Crippen LogP contribution is -2.32. The number of hydrogen-bond donors (Lipinski definition) is 2. The van der Waals surface area contributed by atoms with Gasteiger partial charge in [0.2, 0.25) is 0 Å². The Bertz CT molecular complexity index is 626. The van der Waals surface area contributed by atoms with E-state index >= 15 is 0 Å². The van der Waals surface area contributed by atoms with Crippen LogP contribution in [0.4, 0.5) is 5.69 Å². The number of imidazole rings is 1. The van der Waals surface area contributed by atoms with E-state index in [1.54, 1.807) is 0 Å². The van der Waals surface area contributed by atoms with Gasteiger partial charge in [-0.05, 0) is 38.0 Å². The summed E-state index contributed by atoms with van der Waals surface area (Å²) in [7, 11) is 0. The fourth-order valence-electron chi connectivity index (χ4n) is 2.82. The summed E-state index contributed by atoms with van der Waals surface area (Å²) >= 11 is 0. The van der Waals surface area contributed by atoms with Gasteiger partial charge >= 0.3 is 0 Å². The summed E-state index contributed by atoms with van der Waals surface area (Å²) in [5.74, 6) is 1.04. The largest absolute Gasteiger partial charge is 0.382 e. The first-order chi connectivity index (χ1) is 9.91. The third-order valence-corrected chi connectivity index (χ3v) is 4.05. The quantitative estimate of drug-likeness (QED) is 0.882. The van der Waals surface area contributed by atoms with Crippen LogP contribution in [0.1, 0.15) is 46.4 Å². The molecule has 0 saturated carbocycles. The third kappa shape index (κ3) is 3.21. The summed E-state index contributed by atoms with van der Waals surface area (Å²) in [6.45, 7) is 9.51. The number of anilines is 1. The molecule has 1 fully saturated rings. The second-order valence-corrected chi connectivity index (χ2v) is 7.11. The van der Waals surface area contributed by atoms with Gasteiger partial charge in [0.1, 0.15) is 5.82 Å². The number of aromatic nitrogens is 2. The molecule has 4 nitrogen and oxygen atoms in total. The number of benzene rings is 1. The molecule has 1 aromatic heterocycles. The van der Waals surface area contributed by atoms with E-state index < -0.39 is 0 Å². The van der Waals surface area contributed by atoms with Crippen molar-refractivity contribution >= 4 is 16.7 Å². The summed E-state index contributed by atoms with van der Waals surface area (Å²) < 4.78 is 5.60. The van der Waals surface area contributed by atoms with E-state index in [1.807, 2.05) is 0 Å². The van der Waals surface area contributed by atoms with Crippen LogP contribution in [0.5, 0.6) is 0 Å². The number of hydrogen-bond acceptors (Lipinski definition) is 3. The highest BCUT2D eigenvalue weighted by Crippen LogP contribution is 2.25. The monoisotopic (exact) mass is 287 g/mol. The van der Waals surface area contributed by atoms with E-state index in [0.29, 0.717) is 12.1 Å². The third-order valence-electron chi connectivity index (χ3n) is 4.05. The minimum Gasteiger partial charge on any atom is -0.382 e. The highest BCUT2D eigenvalue weighted by Gasteiger charge is 2.20. The number of H-pyrrole nitrogens is 1. The molecule has 1 aliphatic rings. The van der Waals surface area contributed by atoms with Crippen LogP contribution in [0.15, 0.2) is 18.2 Å². The SMILES string of the molecule is CC1CC(Nc2ccc3nc(C(C)(C)C)[nH]c3c2)CCO1. The molecule has 0 aliphatic carbocycles. The van der Waals surface area contributed by atoms with Crippen LogP contribution in [-0.2, 0) is 10.2 Å². The Balaban J connectivity index is 1.80. The van der Waals surface area contributed by atoms with Crippen LogP contribution in [0, 0.1) is 0 Å². The molecule has 0 spiro atoms. The lowest BCUT2D eigenvalue weighted by Gasteiger charge is -2.28. The van der Waals surface area contributed by atoms with Crippen molar-refractivity contribution in [2.45, 2.75) is 58.1 Å². The molecule has 2 aromatic rings. The van der Waals surface area contributed by atoms with Crippen molar-refractivity contribution < 1.29 is 4.74 Å². The summed E-state index contributed by atoms with van der Waals surface area (Å²) in [5, 5.41) is 3.62. The second kappa shape index (κ2) is 5.34. The maximum Gasteiger partial charge on any atom is 0.112 e. The molecule has 21 heavy (non-hydrogen) atoms. The molecule has 1 aromatic carbocycles. The van der Waals surface area contributed by atoms with E-state index in [2.05, 4.69) is 61.2 Å². The van der Waals surface area contributed by atoms with Crippen LogP contribution in [0.2, 0.25) is 0 Å². The van der Waals surface area contributed by atoms with Gasteiger partial charge in [-0.25, -0.2) is 4.98 Å². The van der Waals surface area contributed by atoms with Gasteiger partial charge in [-0.2, -0.15) is 0 Å². The van der Waals surface area contributed by atoms with Crippen molar-refractivity contribution in [3.05, 3.63) is 24.0 Å². The fraction of sp³-hybridized carbons (Fsp3) is 0.588. The Labute approximate surface area is 126 Å². The van der Waals surface area contributed by atoms with E-state index in [9.17, 15) is 0 Å². The maximum atomic E-state index is 5.60. The number of nitrogens with zero attached hydrogens (tertiary/aromatic N) is 1. The van der Waals surface area contributed by atoms with Crippen molar-refractivity contribution in [2.24, 2.45) is 0 Å². The van der Waals surface area contributed by atoms with Crippen LogP contribution in [0.3, 0.4) is 0 Å². The molecule has 2 heterocycles. The maximum absolute atomic E-state index is 5.60. The topological polar surface area (TPSA) is 49.9 Å². The molecule has 0 radical (unpaired) electrons. The molecule has 2 N–H and O–H groups in total. The Kier molecular flexibility index (Phi) is 3.66. The lowest BCUT2D eigenvalue weighted by molar-refractivity contribution is 0.0232. The summed E-state index contributed by atoms with van der Waals surface area (Å²) in [4.78, 5) is 8.13. The molecule has 1 saturated heterocycles. The molecule has 2 unspecified atom stereocenters. The van der Waals surface area contributed by atoms with Gasteiger partial charge in [0, 0.05) is 23.8 Å². The summed E-state index contributed by atoms with van der Waals surface area (Å²) in [6, 6.07) is 6.87. The lowest BCUT2D eigenvalue weighted by atomic mass is 9.96. The van der Waals surface area contributed by atoms with Gasteiger partial charge in [0.05, 0.1) is 17.1 Å². The van der Waals surface area contributed by atoms with Gasteiger partial charge in [0.15, 0.2) is 0 Å². The highest BCUT2D eigenvalue weighted by atomic mass is 16.5. The number of fused-ring (bicyclic) bond motifs is 1. The minimum atomic E-state index is 0.0444. The number of nitrogens with one attached hydrogen (secondary N) is 2. The molecular weight excluding hydrogens is 262 g/mol. The molecular formula is C17H25N3O. The van der Waals surface area contributed by atoms with Crippen molar-refractivity contribution in [1.29, 1.82) is 0 Å². The van der Waals surface area contributed by atoms with Gasteiger partial charge in [0.25, 0.3) is 0 Å². The average molecular weight is 287 g/mol. The zero-order chi connectivity index (χ0) is 15.0. The first-order valence-electron chi connectivity index (χ1n) is 7.80. The molecule has 4 heteroatoms. The molecule has 0 bridgehead atoms. The first-order valence-corrected chi connectivity index (χ1v) is 7.80. The fourth-order valence-corrected chi connectivity index (χ4v) is 2.82. The van der Waals surface area contributed by atoms with Crippen LogP contribution in [0.25, 0.3) is 11.0 Å². The number of ether oxygens (including phenoxy) is 1. The van der Waals surface area contributed by atoms with Crippen molar-refractivity contribution in [3.8, 4) is 0 Å². The van der Waals surface area contributed by atoms with Crippen molar-refractivity contribution in [1.82, 2.24) is 9.97 Å². The Hall–Kier alpha value is -1.55. The zero-order valence-corrected chi connectivity index (χ0v) is 13.4. The molecule has 2 atom stereocenters. The first kappa shape index (κ1) is 14.4. The standard InChI is InChI=1S/C17H25N3O/c1-11-9-13(7-8-21-11)18-12-5-6-14-15(10-12)20-16(19-14)17(2,3)4/h5-6,10-11,13,18H,7-9H2,1-4H3,(H,19,20). The van der Waals surface area contributed by atoms with Gasteiger partial charge in [-0.1, -0.05) is 20.8 Å². The van der Waals surface area contributed by atoms with Gasteiger partial charge in [-0.3, -0.25) is 0 Å². The summed E-state index contributed by atoms with van der Waals surface area (Å²) in [6.07, 6.45) is 2.48. The smallest absolute Gasteiger partial charge is 0.112 e. The molecule has 1 aliphatic heterocycles. The van der Waals surface area contributed by atoms with E-state index in [1.165, 1.54) is 0 Å². The number of aromatic amines is 1. The van der Waals surface area contributed by atoms with E-state index in [-0.39, 0.29) is 5.41 Å². The summed E-state index contributed by atoms with van der Waals surface area (Å²) in [5.41, 5.74) is 3.34. The Morgan fingerprint density at radius 2 is 2.14 bits per heavy atom. The van der Waals surface area contributed by atoms with Gasteiger partial charge < -0.3 is 15.0 Å². The predicted octanol–water partition coefficient (Wildman–Crippen LogP) is 3.84. The Morgan fingerprint density at radius 1 is 1.33 bits per heavy atom. The second-order valence-electron chi connectivity index (χ2n) is 7.11. The normalized spacial score (nSPS) is 23.4. The molecule has 0 amide bonds. The minimum absolute atomic E-state index is 0.0444. The van der Waals surface area contributed by atoms with Gasteiger partial charge in [-0.15, -0.1) is 0 Å². The predicted molar refractivity (Wildman–Crippen MR) is 86.9 cm³/mol. The van der Waals surface area contributed by atoms with Crippen LogP contribution < -0.4 is 5.32 Å². The number of rotatable bonds is 2. The molecule has 114 valence electrons. The van der Waals surface area contributed by atoms with Crippen molar-refractivity contribution in [2.75, 3.05) is 11.9 Å². The van der Waals surface area contributed by atoms with E-state index in [4.69, 9.17) is 4.74 Å². The zero-order valence-electron chi connectivity index (χ0n) is 13.4. The van der Waals surface area contributed by atoms with Crippen LogP contribution >= 0.6 is 0 Å². The van der Waals surface area contributed by atoms with E-state index in [0.717, 1.165) is 42.0 Å². The Morgan fingerprint density at radius 3 is 2.86 bits per heavy atom. The van der Waals surface area contributed by atoms with Crippen LogP contribution in [-0.4, -0.2) is 28.7 Å². The van der Waals surface area contributed by atoms with Crippen molar-refractivity contribution in [3.63, 3.8) is 0 Å². The molecule has 3 rings (SSSR count).